The Morgan fingerprint density at radius 1 is 1.16 bits per heavy atom. The van der Waals surface area contributed by atoms with Crippen LogP contribution in [-0.2, 0) is 14.8 Å². The molecule has 0 aliphatic carbocycles. The Bertz CT molecular complexity index is 901. The van der Waals surface area contributed by atoms with E-state index in [2.05, 4.69) is 5.32 Å². The summed E-state index contributed by atoms with van der Waals surface area (Å²) in [4.78, 5) is 14.7. The number of carbonyl (C=O) groups is 1. The van der Waals surface area contributed by atoms with Crippen LogP contribution in [0, 0.1) is 0 Å². The monoisotopic (exact) mass is 477 g/mol. The molecule has 1 N–H and O–H groups in total. The highest BCUT2D eigenvalue weighted by Crippen LogP contribution is 2.35. The Labute approximate surface area is 186 Å². The summed E-state index contributed by atoms with van der Waals surface area (Å²) in [6.45, 7) is 1.63. The fraction of sp³-hybridized carbons (Fsp3) is 0.650. The first-order valence-electron chi connectivity index (χ1n) is 10.4. The SMILES string of the molecule is COc1cc(S(=O)(=O)N2CCOCC2)cc(C(=O)NC2CCN(CC(F)F)CC2)c1OC. The largest absolute Gasteiger partial charge is 0.493 e. The number of nitrogens with zero attached hydrogens (tertiary/aromatic N) is 2. The van der Waals surface area contributed by atoms with Gasteiger partial charge in [-0.2, -0.15) is 4.31 Å². The number of amides is 1. The number of hydrogen-bond acceptors (Lipinski definition) is 7. The normalized spacial score (nSPS) is 19.2. The zero-order chi connectivity index (χ0) is 23.3. The smallest absolute Gasteiger partial charge is 0.255 e. The summed E-state index contributed by atoms with van der Waals surface area (Å²) in [7, 11) is -1.13. The molecular formula is C20H29F2N3O6S. The van der Waals surface area contributed by atoms with E-state index in [1.165, 1.54) is 30.7 Å². The molecule has 2 aliphatic rings. The average molecular weight is 478 g/mol. The molecule has 32 heavy (non-hydrogen) atoms. The number of alkyl halides is 2. The van der Waals surface area contributed by atoms with Crippen LogP contribution in [0.2, 0.25) is 0 Å². The quantitative estimate of drug-likeness (QED) is 0.601. The van der Waals surface area contributed by atoms with Gasteiger partial charge in [-0.05, 0) is 18.9 Å². The molecule has 0 saturated carbocycles. The van der Waals surface area contributed by atoms with Crippen molar-refractivity contribution < 1.29 is 36.2 Å². The highest BCUT2D eigenvalue weighted by molar-refractivity contribution is 7.89. The number of ether oxygens (including phenoxy) is 3. The van der Waals surface area contributed by atoms with Gasteiger partial charge in [0.25, 0.3) is 12.3 Å². The van der Waals surface area contributed by atoms with Gasteiger partial charge in [-0.3, -0.25) is 9.69 Å². The Hall–Kier alpha value is -2.02. The van der Waals surface area contributed by atoms with Gasteiger partial charge in [-0.15, -0.1) is 0 Å². The fourth-order valence-corrected chi connectivity index (χ4v) is 5.36. The van der Waals surface area contributed by atoms with E-state index in [0.29, 0.717) is 39.1 Å². The number of morpholine rings is 1. The molecule has 2 aliphatic heterocycles. The van der Waals surface area contributed by atoms with Crippen LogP contribution in [0.5, 0.6) is 11.5 Å². The van der Waals surface area contributed by atoms with Crippen LogP contribution < -0.4 is 14.8 Å². The first kappa shape index (κ1) is 24.6. The van der Waals surface area contributed by atoms with Crippen molar-refractivity contribution >= 4 is 15.9 Å². The third-order valence-corrected chi connectivity index (χ3v) is 7.50. The molecular weight excluding hydrogens is 448 g/mol. The lowest BCUT2D eigenvalue weighted by atomic mass is 10.0. The molecule has 12 heteroatoms. The van der Waals surface area contributed by atoms with Crippen molar-refractivity contribution in [2.24, 2.45) is 0 Å². The van der Waals surface area contributed by atoms with E-state index in [1.807, 2.05) is 0 Å². The Balaban J connectivity index is 1.82. The maximum Gasteiger partial charge on any atom is 0.255 e. The second-order valence-corrected chi connectivity index (χ2v) is 9.60. The van der Waals surface area contributed by atoms with E-state index in [0.717, 1.165) is 0 Å². The van der Waals surface area contributed by atoms with Crippen LogP contribution in [0.15, 0.2) is 17.0 Å². The van der Waals surface area contributed by atoms with Gasteiger partial charge >= 0.3 is 0 Å². The fourth-order valence-electron chi connectivity index (χ4n) is 3.91. The van der Waals surface area contributed by atoms with E-state index >= 15 is 0 Å². The Kier molecular flexibility index (Phi) is 8.26. The second kappa shape index (κ2) is 10.7. The first-order chi connectivity index (χ1) is 15.3. The van der Waals surface area contributed by atoms with Crippen molar-refractivity contribution in [2.75, 3.05) is 60.2 Å². The van der Waals surface area contributed by atoms with Crippen LogP contribution in [0.25, 0.3) is 0 Å². The Morgan fingerprint density at radius 2 is 1.81 bits per heavy atom. The highest BCUT2D eigenvalue weighted by Gasteiger charge is 2.31. The molecule has 2 saturated heterocycles. The lowest BCUT2D eigenvalue weighted by Gasteiger charge is -2.32. The van der Waals surface area contributed by atoms with Gasteiger partial charge < -0.3 is 19.5 Å². The molecule has 0 radical (unpaired) electrons. The summed E-state index contributed by atoms with van der Waals surface area (Å²) in [6, 6.07) is 2.41. The predicted molar refractivity (Wildman–Crippen MR) is 112 cm³/mol. The average Bonchev–Trinajstić information content (AvgIpc) is 2.79. The molecule has 180 valence electrons. The molecule has 2 heterocycles. The number of methoxy groups -OCH3 is 2. The molecule has 1 amide bonds. The van der Waals surface area contributed by atoms with E-state index in [9.17, 15) is 22.0 Å². The predicted octanol–water partition coefficient (Wildman–Crippen LogP) is 1.18. The maximum absolute atomic E-state index is 13.1. The van der Waals surface area contributed by atoms with Gasteiger partial charge in [0.1, 0.15) is 0 Å². The lowest BCUT2D eigenvalue weighted by Crippen LogP contribution is -2.45. The van der Waals surface area contributed by atoms with Crippen LogP contribution in [-0.4, -0.2) is 96.2 Å². The second-order valence-electron chi connectivity index (χ2n) is 7.66. The zero-order valence-electron chi connectivity index (χ0n) is 18.2. The molecule has 3 rings (SSSR count). The van der Waals surface area contributed by atoms with Crippen LogP contribution in [0.3, 0.4) is 0 Å². The minimum absolute atomic E-state index is 0.0358. The van der Waals surface area contributed by atoms with Crippen LogP contribution in [0.4, 0.5) is 8.78 Å². The van der Waals surface area contributed by atoms with Crippen LogP contribution in [0.1, 0.15) is 23.2 Å². The number of sulfonamides is 1. The zero-order valence-corrected chi connectivity index (χ0v) is 19.0. The topological polar surface area (TPSA) is 97.4 Å². The summed E-state index contributed by atoms with van der Waals surface area (Å²) in [5.41, 5.74) is 0.0358. The molecule has 1 aromatic rings. The van der Waals surface area contributed by atoms with Crippen LogP contribution >= 0.6 is 0 Å². The maximum atomic E-state index is 13.1. The summed E-state index contributed by atoms with van der Waals surface area (Å²) in [5.74, 6) is -0.258. The molecule has 0 spiro atoms. The van der Waals surface area contributed by atoms with Gasteiger partial charge in [0.15, 0.2) is 11.5 Å². The molecule has 0 aromatic heterocycles. The number of carbonyl (C=O) groups excluding carboxylic acids is 1. The number of piperidine rings is 1. The lowest BCUT2D eigenvalue weighted by molar-refractivity contribution is 0.0695. The number of rotatable bonds is 8. The van der Waals surface area contributed by atoms with Crippen molar-refractivity contribution in [1.29, 1.82) is 0 Å². The van der Waals surface area contributed by atoms with Gasteiger partial charge in [-0.1, -0.05) is 0 Å². The summed E-state index contributed by atoms with van der Waals surface area (Å²) in [5, 5.41) is 2.88. The van der Waals surface area contributed by atoms with Crippen molar-refractivity contribution in [3.8, 4) is 11.5 Å². The number of benzene rings is 1. The van der Waals surface area contributed by atoms with Crippen molar-refractivity contribution in [3.63, 3.8) is 0 Å². The number of nitrogens with one attached hydrogen (secondary N) is 1. The number of halogens is 2. The molecule has 0 bridgehead atoms. The van der Waals surface area contributed by atoms with Crippen molar-refractivity contribution in [2.45, 2.75) is 30.2 Å². The van der Waals surface area contributed by atoms with E-state index in [-0.39, 0.29) is 47.6 Å². The van der Waals surface area contributed by atoms with E-state index in [4.69, 9.17) is 14.2 Å². The summed E-state index contributed by atoms with van der Waals surface area (Å²) < 4.78 is 68.6. The third kappa shape index (κ3) is 5.66. The minimum atomic E-state index is -3.87. The van der Waals surface area contributed by atoms with Crippen molar-refractivity contribution in [3.05, 3.63) is 17.7 Å². The Morgan fingerprint density at radius 3 is 2.38 bits per heavy atom. The van der Waals surface area contributed by atoms with Gasteiger partial charge in [-0.25, -0.2) is 17.2 Å². The number of likely N-dealkylation sites (tertiary alicyclic amines) is 1. The minimum Gasteiger partial charge on any atom is -0.493 e. The summed E-state index contributed by atoms with van der Waals surface area (Å²) in [6.07, 6.45) is -1.36. The molecule has 1 aromatic carbocycles. The van der Waals surface area contributed by atoms with E-state index < -0.39 is 22.4 Å². The molecule has 9 nitrogen and oxygen atoms in total. The standard InChI is InChI=1S/C20H29F2N3O6S/c1-29-17-12-15(32(27,28)25-7-9-31-10-8-25)11-16(19(17)30-2)20(26)23-14-3-5-24(6-4-14)13-18(21)22/h11-12,14,18H,3-10,13H2,1-2H3,(H,23,26). The highest BCUT2D eigenvalue weighted by atomic mass is 32.2. The number of hydrogen-bond donors (Lipinski definition) is 1. The van der Waals surface area contributed by atoms with E-state index in [1.54, 1.807) is 4.90 Å². The molecule has 0 atom stereocenters. The van der Waals surface area contributed by atoms with Crippen molar-refractivity contribution in [1.82, 2.24) is 14.5 Å². The summed E-state index contributed by atoms with van der Waals surface area (Å²) >= 11 is 0. The van der Waals surface area contributed by atoms with Gasteiger partial charge in [0.05, 0.1) is 44.4 Å². The molecule has 2 fully saturated rings. The van der Waals surface area contributed by atoms with Gasteiger partial charge in [0, 0.05) is 38.3 Å². The first-order valence-corrected chi connectivity index (χ1v) is 11.9. The molecule has 0 unspecified atom stereocenters. The third-order valence-electron chi connectivity index (χ3n) is 5.62. The van der Waals surface area contributed by atoms with Gasteiger partial charge in [0.2, 0.25) is 10.0 Å².